The fourth-order valence-electron chi connectivity index (χ4n) is 1.71. The van der Waals surface area contributed by atoms with Crippen LogP contribution in [0.15, 0.2) is 18.2 Å². The number of urea groups is 1. The van der Waals surface area contributed by atoms with Crippen molar-refractivity contribution in [3.05, 3.63) is 29.6 Å². The highest BCUT2D eigenvalue weighted by Gasteiger charge is 2.19. The first-order valence-corrected chi connectivity index (χ1v) is 5.77. The summed E-state index contributed by atoms with van der Waals surface area (Å²) in [5.74, 6) is -0.942. The summed E-state index contributed by atoms with van der Waals surface area (Å²) >= 11 is 0. The Kier molecular flexibility index (Phi) is 3.45. The zero-order chi connectivity index (χ0) is 13.1. The van der Waals surface area contributed by atoms with Crippen LogP contribution in [0.1, 0.15) is 24.8 Å². The number of hydrogen-bond donors (Lipinski definition) is 4. The SMILES string of the molecule is N=C(N)c1cc(NC(=O)NC2CCC2)ccc1F. The van der Waals surface area contributed by atoms with Crippen molar-refractivity contribution in [1.29, 1.82) is 5.41 Å². The lowest BCUT2D eigenvalue weighted by Gasteiger charge is -2.26. The maximum atomic E-state index is 13.3. The van der Waals surface area contributed by atoms with E-state index in [1.807, 2.05) is 0 Å². The lowest BCUT2D eigenvalue weighted by molar-refractivity contribution is 0.240. The number of nitrogen functional groups attached to an aromatic ring is 1. The fraction of sp³-hybridized carbons (Fsp3) is 0.333. The van der Waals surface area contributed by atoms with Crippen LogP contribution in [-0.2, 0) is 0 Å². The molecule has 1 saturated carbocycles. The van der Waals surface area contributed by atoms with Crippen LogP contribution >= 0.6 is 0 Å². The minimum atomic E-state index is -0.576. The van der Waals surface area contributed by atoms with Crippen LogP contribution in [0.4, 0.5) is 14.9 Å². The van der Waals surface area contributed by atoms with Gasteiger partial charge in [0.25, 0.3) is 0 Å². The van der Waals surface area contributed by atoms with E-state index >= 15 is 0 Å². The molecule has 5 nitrogen and oxygen atoms in total. The molecule has 0 saturated heterocycles. The highest BCUT2D eigenvalue weighted by Crippen LogP contribution is 2.18. The Hall–Kier alpha value is -2.11. The number of nitrogens with one attached hydrogen (secondary N) is 3. The van der Waals surface area contributed by atoms with Crippen molar-refractivity contribution >= 4 is 17.6 Å². The quantitative estimate of drug-likeness (QED) is 0.486. The standard InChI is InChI=1S/C12H15FN4O/c13-10-5-4-8(6-9(10)11(14)15)17-12(18)16-7-2-1-3-7/h4-7H,1-3H2,(H3,14,15)(H2,16,17,18). The number of amides is 2. The number of amidine groups is 1. The Morgan fingerprint density at radius 2 is 2.17 bits per heavy atom. The first-order chi connectivity index (χ1) is 8.56. The van der Waals surface area contributed by atoms with Gasteiger partial charge in [0.05, 0.1) is 5.56 Å². The van der Waals surface area contributed by atoms with Gasteiger partial charge in [-0.15, -0.1) is 0 Å². The van der Waals surface area contributed by atoms with Crippen LogP contribution in [0.3, 0.4) is 0 Å². The van der Waals surface area contributed by atoms with E-state index in [2.05, 4.69) is 10.6 Å². The van der Waals surface area contributed by atoms with Crippen molar-refractivity contribution in [1.82, 2.24) is 5.32 Å². The van der Waals surface area contributed by atoms with Gasteiger partial charge in [0.1, 0.15) is 11.7 Å². The van der Waals surface area contributed by atoms with Gasteiger partial charge < -0.3 is 16.4 Å². The van der Waals surface area contributed by atoms with Gasteiger partial charge in [-0.3, -0.25) is 5.41 Å². The monoisotopic (exact) mass is 250 g/mol. The Labute approximate surface area is 104 Å². The number of halogens is 1. The Balaban J connectivity index is 2.02. The van der Waals surface area contributed by atoms with Crippen LogP contribution < -0.4 is 16.4 Å². The van der Waals surface area contributed by atoms with Gasteiger partial charge >= 0.3 is 6.03 Å². The number of nitrogens with two attached hydrogens (primary N) is 1. The summed E-state index contributed by atoms with van der Waals surface area (Å²) in [6, 6.07) is 3.87. The summed E-state index contributed by atoms with van der Waals surface area (Å²) in [4.78, 5) is 11.6. The van der Waals surface area contributed by atoms with E-state index in [4.69, 9.17) is 11.1 Å². The number of benzene rings is 1. The number of rotatable bonds is 3. The van der Waals surface area contributed by atoms with Gasteiger partial charge in [0, 0.05) is 11.7 Å². The number of hydrogen-bond acceptors (Lipinski definition) is 2. The molecule has 18 heavy (non-hydrogen) atoms. The molecule has 2 rings (SSSR count). The van der Waals surface area contributed by atoms with Crippen LogP contribution in [-0.4, -0.2) is 17.9 Å². The molecule has 5 N–H and O–H groups in total. The highest BCUT2D eigenvalue weighted by molar-refractivity contribution is 5.97. The minimum Gasteiger partial charge on any atom is -0.384 e. The van der Waals surface area contributed by atoms with Crippen molar-refractivity contribution in [2.24, 2.45) is 5.73 Å². The van der Waals surface area contributed by atoms with Gasteiger partial charge in [-0.1, -0.05) is 0 Å². The predicted molar refractivity (Wildman–Crippen MR) is 67.2 cm³/mol. The van der Waals surface area contributed by atoms with Gasteiger partial charge in [0.2, 0.25) is 0 Å². The molecule has 1 fully saturated rings. The molecule has 96 valence electrons. The lowest BCUT2D eigenvalue weighted by Crippen LogP contribution is -2.41. The normalized spacial score (nSPS) is 14.7. The van der Waals surface area contributed by atoms with E-state index in [0.29, 0.717) is 5.69 Å². The van der Waals surface area contributed by atoms with E-state index in [-0.39, 0.29) is 23.5 Å². The number of anilines is 1. The van der Waals surface area contributed by atoms with Crippen molar-refractivity contribution in [2.45, 2.75) is 25.3 Å². The van der Waals surface area contributed by atoms with E-state index in [1.165, 1.54) is 18.2 Å². The molecule has 1 aromatic rings. The van der Waals surface area contributed by atoms with Gasteiger partial charge in [-0.05, 0) is 37.5 Å². The van der Waals surface area contributed by atoms with E-state index in [0.717, 1.165) is 19.3 Å². The zero-order valence-corrected chi connectivity index (χ0v) is 9.79. The van der Waals surface area contributed by atoms with Crippen LogP contribution in [0.5, 0.6) is 0 Å². The van der Waals surface area contributed by atoms with Crippen molar-refractivity contribution in [3.8, 4) is 0 Å². The van der Waals surface area contributed by atoms with Gasteiger partial charge in [0.15, 0.2) is 0 Å². The Bertz CT molecular complexity index is 485. The topological polar surface area (TPSA) is 91.0 Å². The summed E-state index contributed by atoms with van der Waals surface area (Å²) in [7, 11) is 0. The maximum Gasteiger partial charge on any atom is 0.319 e. The Morgan fingerprint density at radius 3 is 2.72 bits per heavy atom. The van der Waals surface area contributed by atoms with Crippen molar-refractivity contribution in [2.75, 3.05) is 5.32 Å². The Morgan fingerprint density at radius 1 is 1.44 bits per heavy atom. The summed E-state index contributed by atoms with van der Waals surface area (Å²) < 4.78 is 13.3. The lowest BCUT2D eigenvalue weighted by atomic mass is 9.93. The zero-order valence-electron chi connectivity index (χ0n) is 9.79. The fourth-order valence-corrected chi connectivity index (χ4v) is 1.71. The second kappa shape index (κ2) is 5.03. The van der Waals surface area contributed by atoms with E-state index in [1.54, 1.807) is 0 Å². The first kappa shape index (κ1) is 12.3. The molecule has 1 aliphatic rings. The average Bonchev–Trinajstić information content (AvgIpc) is 2.26. The van der Waals surface area contributed by atoms with Gasteiger partial charge in [-0.2, -0.15) is 0 Å². The molecule has 6 heteroatoms. The summed E-state index contributed by atoms with van der Waals surface area (Å²) in [5, 5.41) is 12.6. The van der Waals surface area contributed by atoms with Crippen LogP contribution in [0.25, 0.3) is 0 Å². The molecule has 0 bridgehead atoms. The number of carbonyl (C=O) groups is 1. The first-order valence-electron chi connectivity index (χ1n) is 5.77. The van der Waals surface area contributed by atoms with Crippen LogP contribution in [0, 0.1) is 11.2 Å². The molecule has 2 amide bonds. The summed E-state index contributed by atoms with van der Waals surface area (Å²) in [6.07, 6.45) is 3.13. The third kappa shape index (κ3) is 2.77. The van der Waals surface area contributed by atoms with Crippen molar-refractivity contribution < 1.29 is 9.18 Å². The summed E-state index contributed by atoms with van der Waals surface area (Å²) in [6.45, 7) is 0. The van der Waals surface area contributed by atoms with Gasteiger partial charge in [-0.25, -0.2) is 9.18 Å². The van der Waals surface area contributed by atoms with Crippen molar-refractivity contribution in [3.63, 3.8) is 0 Å². The maximum absolute atomic E-state index is 13.3. The second-order valence-corrected chi connectivity index (χ2v) is 4.33. The largest absolute Gasteiger partial charge is 0.384 e. The third-order valence-electron chi connectivity index (χ3n) is 2.95. The molecule has 1 aromatic carbocycles. The molecule has 0 atom stereocenters. The molecular weight excluding hydrogens is 235 g/mol. The number of carbonyl (C=O) groups excluding carboxylic acids is 1. The average molecular weight is 250 g/mol. The van der Waals surface area contributed by atoms with Crippen LogP contribution in [0.2, 0.25) is 0 Å². The highest BCUT2D eigenvalue weighted by atomic mass is 19.1. The molecule has 0 spiro atoms. The third-order valence-corrected chi connectivity index (χ3v) is 2.95. The molecule has 0 unspecified atom stereocenters. The predicted octanol–water partition coefficient (Wildman–Crippen LogP) is 1.78. The molecule has 0 aromatic heterocycles. The van der Waals surface area contributed by atoms with E-state index in [9.17, 15) is 9.18 Å². The molecule has 0 radical (unpaired) electrons. The summed E-state index contributed by atoms with van der Waals surface area (Å²) in [5.41, 5.74) is 5.64. The second-order valence-electron chi connectivity index (χ2n) is 4.33. The molecule has 0 aliphatic heterocycles. The minimum absolute atomic E-state index is 0.0172. The molecule has 1 aliphatic carbocycles. The molecule has 0 heterocycles. The smallest absolute Gasteiger partial charge is 0.319 e. The molecular formula is C12H15FN4O. The van der Waals surface area contributed by atoms with E-state index < -0.39 is 5.82 Å².